The van der Waals surface area contributed by atoms with Crippen LogP contribution in [0.1, 0.15) is 27.5 Å². The highest BCUT2D eigenvalue weighted by atomic mass is 35.5. The zero-order valence-electron chi connectivity index (χ0n) is 17.0. The number of ketones is 1. The zero-order valence-corrected chi connectivity index (χ0v) is 17.8. The number of carbonyl (C=O) groups excluding carboxylic acids is 1. The molecular weight excluding hydrogens is 414 g/mol. The maximum atomic E-state index is 13.7. The number of halogens is 1. The SMILES string of the molecule is COc1cc(NC(C(=O)c2ccoc2-c2ccccc2C)c2cncnc2)ccc1Cl. The third-order valence-electron chi connectivity index (χ3n) is 4.96. The lowest BCUT2D eigenvalue weighted by molar-refractivity contribution is 0.0969. The summed E-state index contributed by atoms with van der Waals surface area (Å²) in [5, 5.41) is 3.75. The second-order valence-electron chi connectivity index (χ2n) is 6.94. The van der Waals surface area contributed by atoms with Crippen LogP contribution in [0, 0.1) is 6.92 Å². The monoisotopic (exact) mass is 433 g/mol. The van der Waals surface area contributed by atoms with E-state index in [0.717, 1.165) is 11.1 Å². The van der Waals surface area contributed by atoms with Crippen LogP contribution in [0.2, 0.25) is 5.02 Å². The molecule has 1 unspecified atom stereocenters. The summed E-state index contributed by atoms with van der Waals surface area (Å²) in [6.45, 7) is 1.98. The van der Waals surface area contributed by atoms with E-state index in [1.165, 1.54) is 12.6 Å². The van der Waals surface area contributed by atoms with Gasteiger partial charge in [0.05, 0.1) is 24.0 Å². The summed E-state index contributed by atoms with van der Waals surface area (Å²) >= 11 is 6.14. The van der Waals surface area contributed by atoms with Crippen molar-refractivity contribution in [3.63, 3.8) is 0 Å². The molecule has 2 heterocycles. The molecule has 0 saturated heterocycles. The Kier molecular flexibility index (Phi) is 6.00. The topological polar surface area (TPSA) is 77.2 Å². The number of rotatable bonds is 7. The Balaban J connectivity index is 1.75. The van der Waals surface area contributed by atoms with Gasteiger partial charge in [0.1, 0.15) is 23.9 Å². The van der Waals surface area contributed by atoms with Gasteiger partial charge in [-0.3, -0.25) is 4.79 Å². The van der Waals surface area contributed by atoms with Gasteiger partial charge in [-0.1, -0.05) is 35.9 Å². The van der Waals surface area contributed by atoms with Crippen LogP contribution < -0.4 is 10.1 Å². The normalized spacial score (nSPS) is 11.7. The standard InChI is InChI=1S/C24H20ClN3O3/c1-15-5-3-4-6-18(15)24-19(9-10-31-24)23(29)22(16-12-26-14-27-13-16)28-17-7-8-20(25)21(11-17)30-2/h3-14,22,28H,1-2H3. The molecule has 156 valence electrons. The molecule has 0 aliphatic carbocycles. The molecule has 7 heteroatoms. The number of aryl methyl sites for hydroxylation is 1. The molecule has 4 rings (SSSR count). The molecule has 31 heavy (non-hydrogen) atoms. The van der Waals surface area contributed by atoms with Crippen LogP contribution in [0.25, 0.3) is 11.3 Å². The molecule has 0 aliphatic heterocycles. The van der Waals surface area contributed by atoms with Crippen molar-refractivity contribution in [3.8, 4) is 17.1 Å². The van der Waals surface area contributed by atoms with Crippen molar-refractivity contribution >= 4 is 23.1 Å². The van der Waals surface area contributed by atoms with E-state index in [1.54, 1.807) is 43.8 Å². The van der Waals surface area contributed by atoms with Crippen LogP contribution in [0.15, 0.2) is 77.9 Å². The smallest absolute Gasteiger partial charge is 0.193 e. The third-order valence-corrected chi connectivity index (χ3v) is 5.27. The molecular formula is C24H20ClN3O3. The van der Waals surface area contributed by atoms with Crippen molar-refractivity contribution in [2.45, 2.75) is 13.0 Å². The van der Waals surface area contributed by atoms with Gasteiger partial charge in [-0.25, -0.2) is 9.97 Å². The van der Waals surface area contributed by atoms with Crippen molar-refractivity contribution in [1.29, 1.82) is 0 Å². The van der Waals surface area contributed by atoms with E-state index in [9.17, 15) is 4.79 Å². The number of methoxy groups -OCH3 is 1. The van der Waals surface area contributed by atoms with E-state index >= 15 is 0 Å². The Hall–Kier alpha value is -3.64. The van der Waals surface area contributed by atoms with Gasteiger partial charge in [-0.15, -0.1) is 0 Å². The minimum atomic E-state index is -0.743. The molecule has 6 nitrogen and oxygen atoms in total. The molecule has 1 atom stereocenters. The van der Waals surface area contributed by atoms with E-state index < -0.39 is 6.04 Å². The maximum Gasteiger partial charge on any atom is 0.193 e. The number of carbonyl (C=O) groups is 1. The van der Waals surface area contributed by atoms with Gasteiger partial charge >= 0.3 is 0 Å². The highest BCUT2D eigenvalue weighted by Gasteiger charge is 2.27. The van der Waals surface area contributed by atoms with E-state index in [0.29, 0.717) is 33.3 Å². The summed E-state index contributed by atoms with van der Waals surface area (Å²) in [7, 11) is 1.54. The largest absolute Gasteiger partial charge is 0.495 e. The summed E-state index contributed by atoms with van der Waals surface area (Å²) in [5.74, 6) is 0.863. The number of ether oxygens (including phenoxy) is 1. The lowest BCUT2D eigenvalue weighted by Gasteiger charge is -2.19. The third kappa shape index (κ3) is 4.29. The first-order chi connectivity index (χ1) is 15.1. The Labute approximate surface area is 184 Å². The lowest BCUT2D eigenvalue weighted by atomic mass is 9.95. The number of anilines is 1. The molecule has 0 saturated carbocycles. The molecule has 0 aliphatic rings. The van der Waals surface area contributed by atoms with Crippen molar-refractivity contribution in [2.75, 3.05) is 12.4 Å². The number of hydrogen-bond acceptors (Lipinski definition) is 6. The second-order valence-corrected chi connectivity index (χ2v) is 7.35. The quantitative estimate of drug-likeness (QED) is 0.374. The summed E-state index contributed by atoms with van der Waals surface area (Å²) in [6.07, 6.45) is 6.18. The van der Waals surface area contributed by atoms with Crippen LogP contribution in [0.5, 0.6) is 5.75 Å². The highest BCUT2D eigenvalue weighted by molar-refractivity contribution is 6.32. The molecule has 1 N–H and O–H groups in total. The van der Waals surface area contributed by atoms with Crippen molar-refractivity contribution < 1.29 is 13.9 Å². The zero-order chi connectivity index (χ0) is 21.8. The molecule has 2 aromatic carbocycles. The number of benzene rings is 2. The van der Waals surface area contributed by atoms with Gasteiger partial charge in [0.2, 0.25) is 0 Å². The predicted octanol–water partition coefficient (Wildman–Crippen LogP) is 5.74. The summed E-state index contributed by atoms with van der Waals surface area (Å²) < 4.78 is 11.0. The van der Waals surface area contributed by atoms with Crippen molar-refractivity contribution in [1.82, 2.24) is 9.97 Å². The minimum Gasteiger partial charge on any atom is -0.495 e. The van der Waals surface area contributed by atoms with E-state index in [2.05, 4.69) is 15.3 Å². The average molecular weight is 434 g/mol. The first kappa shape index (κ1) is 20.6. The van der Waals surface area contributed by atoms with Crippen LogP contribution in [0.3, 0.4) is 0 Å². The second kappa shape index (κ2) is 9.02. The molecule has 0 fully saturated rings. The van der Waals surface area contributed by atoms with Crippen LogP contribution >= 0.6 is 11.6 Å². The summed E-state index contributed by atoms with van der Waals surface area (Å²) in [6, 6.07) is 14.0. The Morgan fingerprint density at radius 3 is 2.65 bits per heavy atom. The summed E-state index contributed by atoms with van der Waals surface area (Å²) in [5.41, 5.74) is 3.65. The van der Waals surface area contributed by atoms with Gasteiger partial charge in [-0.05, 0) is 30.7 Å². The molecule has 2 aromatic heterocycles. The number of hydrogen-bond donors (Lipinski definition) is 1. The lowest BCUT2D eigenvalue weighted by Crippen LogP contribution is -2.22. The number of furan rings is 1. The van der Waals surface area contributed by atoms with Crippen LogP contribution in [-0.2, 0) is 0 Å². The number of nitrogens with one attached hydrogen (secondary N) is 1. The van der Waals surface area contributed by atoms with E-state index in [-0.39, 0.29) is 5.78 Å². The van der Waals surface area contributed by atoms with Crippen molar-refractivity contribution in [3.05, 3.63) is 95.2 Å². The highest BCUT2D eigenvalue weighted by Crippen LogP contribution is 2.34. The molecule has 0 amide bonds. The minimum absolute atomic E-state index is 0.171. The van der Waals surface area contributed by atoms with Gasteiger partial charge in [0.25, 0.3) is 0 Å². The van der Waals surface area contributed by atoms with Crippen molar-refractivity contribution in [2.24, 2.45) is 0 Å². The fourth-order valence-electron chi connectivity index (χ4n) is 3.37. The number of nitrogens with zero attached hydrogens (tertiary/aromatic N) is 2. The van der Waals surface area contributed by atoms with Gasteiger partial charge in [0.15, 0.2) is 5.78 Å². The Morgan fingerprint density at radius 1 is 1.13 bits per heavy atom. The molecule has 0 spiro atoms. The van der Waals surface area contributed by atoms with E-state index in [1.807, 2.05) is 31.2 Å². The molecule has 4 aromatic rings. The van der Waals surface area contributed by atoms with Crippen LogP contribution in [-0.4, -0.2) is 22.9 Å². The van der Waals surface area contributed by atoms with Crippen LogP contribution in [0.4, 0.5) is 5.69 Å². The first-order valence-electron chi connectivity index (χ1n) is 9.61. The number of aromatic nitrogens is 2. The first-order valence-corrected chi connectivity index (χ1v) is 9.99. The van der Waals surface area contributed by atoms with Gasteiger partial charge in [0, 0.05) is 35.3 Å². The predicted molar refractivity (Wildman–Crippen MR) is 120 cm³/mol. The van der Waals surface area contributed by atoms with Gasteiger partial charge in [-0.2, -0.15) is 0 Å². The summed E-state index contributed by atoms with van der Waals surface area (Å²) in [4.78, 5) is 21.9. The molecule has 0 bridgehead atoms. The van der Waals surface area contributed by atoms with Gasteiger partial charge < -0.3 is 14.5 Å². The average Bonchev–Trinajstić information content (AvgIpc) is 3.28. The fourth-order valence-corrected chi connectivity index (χ4v) is 3.57. The van der Waals surface area contributed by atoms with E-state index in [4.69, 9.17) is 20.8 Å². The fraction of sp³-hybridized carbons (Fsp3) is 0.125. The Morgan fingerprint density at radius 2 is 1.90 bits per heavy atom. The Bertz CT molecular complexity index is 1210. The maximum absolute atomic E-state index is 13.7. The number of Topliss-reactive ketones (excluding diaryl/α,β-unsaturated/α-hetero) is 1. The molecule has 0 radical (unpaired) electrons.